The van der Waals surface area contributed by atoms with Gasteiger partial charge in [-0.1, -0.05) is 17.7 Å². The molecule has 27 heavy (non-hydrogen) atoms. The van der Waals surface area contributed by atoms with Gasteiger partial charge in [-0.05, 0) is 43.4 Å². The SMILES string of the molecule is CCOC(=O)C1=CC(C2CC2)c2cc(Cl)c(NN=C(C#N)C#N)cc2C1=O. The Labute approximate surface area is 160 Å². The van der Waals surface area contributed by atoms with Gasteiger partial charge < -0.3 is 4.74 Å². The summed E-state index contributed by atoms with van der Waals surface area (Å²) in [6.07, 6.45) is 3.71. The number of nitriles is 2. The molecule has 7 nitrogen and oxygen atoms in total. The van der Waals surface area contributed by atoms with E-state index in [-0.39, 0.29) is 29.5 Å². The quantitative estimate of drug-likeness (QED) is 0.361. The summed E-state index contributed by atoms with van der Waals surface area (Å²) in [6, 6.07) is 6.42. The molecule has 2 aliphatic rings. The summed E-state index contributed by atoms with van der Waals surface area (Å²) in [5.74, 6) is -0.804. The van der Waals surface area contributed by atoms with Crippen LogP contribution in [0.5, 0.6) is 0 Å². The molecule has 1 aromatic rings. The molecule has 0 saturated heterocycles. The molecule has 0 spiro atoms. The summed E-state index contributed by atoms with van der Waals surface area (Å²) in [4.78, 5) is 25.1. The van der Waals surface area contributed by atoms with Gasteiger partial charge in [0.25, 0.3) is 0 Å². The standard InChI is InChI=1S/C19H15ClN4O3/c1-2-27-19(26)15-5-12(10-3-4-10)13-6-16(20)17(7-14(13)18(15)25)24-23-11(8-21)9-22/h5-7,10,12,24H,2-4H2,1H3. The zero-order chi connectivity index (χ0) is 19.6. The van der Waals surface area contributed by atoms with Crippen LogP contribution in [0.25, 0.3) is 0 Å². The second-order valence-electron chi connectivity index (χ2n) is 6.21. The minimum atomic E-state index is -0.641. The number of hydrazone groups is 1. The van der Waals surface area contributed by atoms with Gasteiger partial charge in [0, 0.05) is 11.5 Å². The van der Waals surface area contributed by atoms with Gasteiger partial charge in [-0.3, -0.25) is 10.2 Å². The average molecular weight is 383 g/mol. The number of ether oxygens (including phenoxy) is 1. The number of anilines is 1. The normalized spacial score (nSPS) is 17.7. The fraction of sp³-hybridized carbons (Fsp3) is 0.316. The third-order valence-electron chi connectivity index (χ3n) is 4.46. The highest BCUT2D eigenvalue weighted by Crippen LogP contribution is 2.48. The third kappa shape index (κ3) is 3.69. The fourth-order valence-corrected chi connectivity index (χ4v) is 3.26. The molecule has 1 aromatic carbocycles. The second kappa shape index (κ2) is 7.61. The topological polar surface area (TPSA) is 115 Å². The van der Waals surface area contributed by atoms with Crippen LogP contribution in [-0.4, -0.2) is 24.1 Å². The molecule has 3 rings (SSSR count). The van der Waals surface area contributed by atoms with Gasteiger partial charge in [-0.25, -0.2) is 4.79 Å². The third-order valence-corrected chi connectivity index (χ3v) is 4.77. The van der Waals surface area contributed by atoms with E-state index in [1.807, 2.05) is 0 Å². The number of nitrogens with one attached hydrogen (secondary N) is 1. The van der Waals surface area contributed by atoms with Crippen molar-refractivity contribution in [2.75, 3.05) is 12.0 Å². The lowest BCUT2D eigenvalue weighted by Gasteiger charge is -2.24. The lowest BCUT2D eigenvalue weighted by atomic mass is 9.80. The van der Waals surface area contributed by atoms with Gasteiger partial charge in [0.05, 0.1) is 17.3 Å². The van der Waals surface area contributed by atoms with E-state index in [9.17, 15) is 9.59 Å². The van der Waals surface area contributed by atoms with Crippen molar-refractivity contribution in [2.45, 2.75) is 25.7 Å². The molecule has 1 atom stereocenters. The molecule has 0 heterocycles. The van der Waals surface area contributed by atoms with E-state index in [1.165, 1.54) is 6.07 Å². The van der Waals surface area contributed by atoms with Gasteiger partial charge in [-0.2, -0.15) is 15.6 Å². The van der Waals surface area contributed by atoms with Gasteiger partial charge in [-0.15, -0.1) is 0 Å². The highest BCUT2D eigenvalue weighted by molar-refractivity contribution is 6.34. The summed E-state index contributed by atoms with van der Waals surface area (Å²) >= 11 is 6.30. The van der Waals surface area contributed by atoms with Crippen LogP contribution in [0.4, 0.5) is 5.69 Å². The van der Waals surface area contributed by atoms with Crippen LogP contribution >= 0.6 is 11.6 Å². The van der Waals surface area contributed by atoms with Crippen LogP contribution in [0.3, 0.4) is 0 Å². The minimum Gasteiger partial charge on any atom is -0.462 e. The molecule has 0 amide bonds. The van der Waals surface area contributed by atoms with E-state index in [0.717, 1.165) is 18.4 Å². The van der Waals surface area contributed by atoms with Crippen molar-refractivity contribution in [3.05, 3.63) is 39.9 Å². The maximum atomic E-state index is 12.9. The predicted octanol–water partition coefficient (Wildman–Crippen LogP) is 3.33. The van der Waals surface area contributed by atoms with Gasteiger partial charge in [0.15, 0.2) is 5.78 Å². The van der Waals surface area contributed by atoms with Crippen molar-refractivity contribution in [1.82, 2.24) is 0 Å². The molecule has 136 valence electrons. The number of carbonyl (C=O) groups is 2. The summed E-state index contributed by atoms with van der Waals surface area (Å²) in [5.41, 5.74) is 3.55. The molecule has 8 heteroatoms. The fourth-order valence-electron chi connectivity index (χ4n) is 3.04. The van der Waals surface area contributed by atoms with Crippen molar-refractivity contribution in [3.8, 4) is 12.1 Å². The van der Waals surface area contributed by atoms with Crippen molar-refractivity contribution >= 4 is 34.8 Å². The van der Waals surface area contributed by atoms with E-state index in [4.69, 9.17) is 26.9 Å². The monoisotopic (exact) mass is 382 g/mol. The molecule has 1 unspecified atom stereocenters. The molecule has 1 N–H and O–H groups in total. The second-order valence-corrected chi connectivity index (χ2v) is 6.62. The van der Waals surface area contributed by atoms with Gasteiger partial charge >= 0.3 is 5.97 Å². The van der Waals surface area contributed by atoms with Crippen LogP contribution < -0.4 is 5.43 Å². The first-order valence-corrected chi connectivity index (χ1v) is 8.78. The first-order valence-electron chi connectivity index (χ1n) is 8.41. The van der Waals surface area contributed by atoms with Crippen LogP contribution in [0.1, 0.15) is 41.6 Å². The van der Waals surface area contributed by atoms with Crippen molar-refractivity contribution in [3.63, 3.8) is 0 Å². The number of ketones is 1. The molecule has 0 aromatic heterocycles. The van der Waals surface area contributed by atoms with E-state index in [1.54, 1.807) is 31.2 Å². The molecule has 0 aliphatic heterocycles. The first kappa shape index (κ1) is 18.6. The van der Waals surface area contributed by atoms with Gasteiger partial charge in [0.1, 0.15) is 17.7 Å². The van der Waals surface area contributed by atoms with Crippen LogP contribution in [0, 0.1) is 28.6 Å². The Balaban J connectivity index is 2.03. The maximum absolute atomic E-state index is 12.9. The van der Waals surface area contributed by atoms with E-state index < -0.39 is 11.8 Å². The first-order chi connectivity index (χ1) is 13.0. The number of fused-ring (bicyclic) bond motifs is 1. The Hall–Kier alpha value is -3.16. The van der Waals surface area contributed by atoms with Crippen LogP contribution in [0.15, 0.2) is 28.9 Å². The number of allylic oxidation sites excluding steroid dienone is 1. The number of rotatable bonds is 5. The molecule has 2 aliphatic carbocycles. The Kier molecular flexibility index (Phi) is 5.25. The average Bonchev–Trinajstić information content (AvgIpc) is 3.48. The molecule has 0 radical (unpaired) electrons. The molecular formula is C19H15ClN4O3. The lowest BCUT2D eigenvalue weighted by Crippen LogP contribution is -2.23. The number of hydrogen-bond donors (Lipinski definition) is 1. The van der Waals surface area contributed by atoms with Crippen molar-refractivity contribution in [2.24, 2.45) is 11.0 Å². The van der Waals surface area contributed by atoms with E-state index in [2.05, 4.69) is 10.5 Å². The Morgan fingerprint density at radius 2 is 2.07 bits per heavy atom. The number of nitrogens with zero attached hydrogens (tertiary/aromatic N) is 3. The smallest absolute Gasteiger partial charge is 0.341 e. The number of halogens is 1. The number of benzene rings is 1. The molecule has 1 fully saturated rings. The molecule has 0 bridgehead atoms. The number of Topliss-reactive ketones (excluding diaryl/α,β-unsaturated/α-hetero) is 1. The summed E-state index contributed by atoms with van der Waals surface area (Å²) in [6.45, 7) is 1.86. The lowest BCUT2D eigenvalue weighted by molar-refractivity contribution is -0.138. The van der Waals surface area contributed by atoms with Crippen molar-refractivity contribution in [1.29, 1.82) is 10.5 Å². The maximum Gasteiger partial charge on any atom is 0.341 e. The Morgan fingerprint density at radius 1 is 1.37 bits per heavy atom. The van der Waals surface area contributed by atoms with Crippen molar-refractivity contribution < 1.29 is 14.3 Å². The number of carbonyl (C=O) groups excluding carboxylic acids is 2. The highest BCUT2D eigenvalue weighted by atomic mass is 35.5. The molecule has 1 saturated carbocycles. The summed E-state index contributed by atoms with van der Waals surface area (Å²) < 4.78 is 5.01. The number of hydrogen-bond acceptors (Lipinski definition) is 7. The highest BCUT2D eigenvalue weighted by Gasteiger charge is 2.39. The zero-order valence-corrected chi connectivity index (χ0v) is 15.2. The Bertz CT molecular complexity index is 948. The minimum absolute atomic E-state index is 0.0211. The van der Waals surface area contributed by atoms with Gasteiger partial charge in [0.2, 0.25) is 5.71 Å². The number of esters is 1. The summed E-state index contributed by atoms with van der Waals surface area (Å²) in [7, 11) is 0. The van der Waals surface area contributed by atoms with Crippen LogP contribution in [-0.2, 0) is 9.53 Å². The Morgan fingerprint density at radius 3 is 2.67 bits per heavy atom. The van der Waals surface area contributed by atoms with E-state index in [0.29, 0.717) is 16.5 Å². The van der Waals surface area contributed by atoms with Crippen LogP contribution in [0.2, 0.25) is 5.02 Å². The predicted molar refractivity (Wildman–Crippen MR) is 98.2 cm³/mol. The van der Waals surface area contributed by atoms with E-state index >= 15 is 0 Å². The molecular weight excluding hydrogens is 368 g/mol. The largest absolute Gasteiger partial charge is 0.462 e. The zero-order valence-electron chi connectivity index (χ0n) is 14.5. The summed E-state index contributed by atoms with van der Waals surface area (Å²) in [5, 5.41) is 21.5.